The van der Waals surface area contributed by atoms with E-state index in [4.69, 9.17) is 0 Å². The van der Waals surface area contributed by atoms with Gasteiger partial charge in [-0.2, -0.15) is 0 Å². The highest BCUT2D eigenvalue weighted by atomic mass is 16.4. The van der Waals surface area contributed by atoms with Gasteiger partial charge in [-0.3, -0.25) is 15.0 Å². The molecule has 0 bridgehead atoms. The van der Waals surface area contributed by atoms with Crippen LogP contribution < -0.4 is 5.32 Å². The molecule has 2 aliphatic rings. The number of aliphatic carboxylic acids is 1. The molecule has 1 heterocycles. The average molecular weight is 212 g/mol. The highest BCUT2D eigenvalue weighted by molar-refractivity contribution is 5.79. The topological polar surface area (TPSA) is 52.6 Å². The van der Waals surface area contributed by atoms with E-state index in [-0.39, 0.29) is 0 Å². The van der Waals surface area contributed by atoms with Crippen molar-refractivity contribution in [2.75, 3.05) is 13.1 Å². The number of carboxylic acid groups (broad SMARTS) is 1. The van der Waals surface area contributed by atoms with Crippen LogP contribution >= 0.6 is 0 Å². The summed E-state index contributed by atoms with van der Waals surface area (Å²) in [5, 5.41) is 12.7. The molecule has 1 atom stereocenters. The molecule has 2 rings (SSSR count). The van der Waals surface area contributed by atoms with Gasteiger partial charge in [0.05, 0.1) is 0 Å². The molecule has 1 unspecified atom stereocenters. The number of hydrogen-bond donors (Lipinski definition) is 2. The van der Waals surface area contributed by atoms with Crippen molar-refractivity contribution >= 4 is 5.97 Å². The van der Waals surface area contributed by atoms with Gasteiger partial charge >= 0.3 is 5.97 Å². The molecule has 1 aliphatic carbocycles. The fourth-order valence-corrected chi connectivity index (χ4v) is 2.25. The number of nitrogens with zero attached hydrogens (tertiary/aromatic N) is 1. The summed E-state index contributed by atoms with van der Waals surface area (Å²) < 4.78 is 0. The van der Waals surface area contributed by atoms with Crippen LogP contribution in [-0.4, -0.2) is 46.7 Å². The van der Waals surface area contributed by atoms with E-state index in [1.165, 1.54) is 0 Å². The van der Waals surface area contributed by atoms with Gasteiger partial charge in [0.2, 0.25) is 0 Å². The Bertz CT molecular complexity index is 263. The Balaban J connectivity index is 2.04. The van der Waals surface area contributed by atoms with Crippen molar-refractivity contribution in [1.82, 2.24) is 10.2 Å². The standard InChI is InChI=1S/C11H20N2O2/c1-8(2)13-6-5-11(7-13,10(14)15)12-9-3-4-9/h8-9,12H,3-7H2,1-2H3,(H,14,15). The molecule has 86 valence electrons. The maximum absolute atomic E-state index is 11.4. The fourth-order valence-electron chi connectivity index (χ4n) is 2.25. The zero-order valence-corrected chi connectivity index (χ0v) is 9.49. The normalized spacial score (nSPS) is 32.5. The first-order valence-electron chi connectivity index (χ1n) is 5.79. The number of rotatable bonds is 4. The second-order valence-electron chi connectivity index (χ2n) is 5.12. The highest BCUT2D eigenvalue weighted by Gasteiger charge is 2.47. The zero-order valence-electron chi connectivity index (χ0n) is 9.49. The van der Waals surface area contributed by atoms with Crippen LogP contribution in [0.15, 0.2) is 0 Å². The highest BCUT2D eigenvalue weighted by Crippen LogP contribution is 2.29. The predicted molar refractivity (Wildman–Crippen MR) is 57.9 cm³/mol. The van der Waals surface area contributed by atoms with Crippen LogP contribution in [0, 0.1) is 0 Å². The molecule has 0 aromatic rings. The molecule has 0 amide bonds. The van der Waals surface area contributed by atoms with Gasteiger partial charge in [-0.05, 0) is 33.1 Å². The molecule has 15 heavy (non-hydrogen) atoms. The van der Waals surface area contributed by atoms with Gasteiger partial charge in [0.15, 0.2) is 0 Å². The SMILES string of the molecule is CC(C)N1CCC(NC2CC2)(C(=O)O)C1. The minimum Gasteiger partial charge on any atom is -0.480 e. The van der Waals surface area contributed by atoms with Gasteiger partial charge in [0.25, 0.3) is 0 Å². The van der Waals surface area contributed by atoms with E-state index in [9.17, 15) is 9.90 Å². The number of hydrogen-bond acceptors (Lipinski definition) is 3. The minimum atomic E-state index is -0.683. The van der Waals surface area contributed by atoms with Gasteiger partial charge in [-0.15, -0.1) is 0 Å². The second-order valence-corrected chi connectivity index (χ2v) is 5.12. The Morgan fingerprint density at radius 1 is 1.53 bits per heavy atom. The average Bonchev–Trinajstić information content (AvgIpc) is 2.82. The molecule has 2 N–H and O–H groups in total. The van der Waals surface area contributed by atoms with Crippen LogP contribution in [0.2, 0.25) is 0 Å². The molecule has 1 saturated carbocycles. The summed E-state index contributed by atoms with van der Waals surface area (Å²) in [6, 6.07) is 0.889. The first-order valence-corrected chi connectivity index (χ1v) is 5.79. The molecule has 0 aromatic heterocycles. The summed E-state index contributed by atoms with van der Waals surface area (Å²) in [5.74, 6) is -0.683. The lowest BCUT2D eigenvalue weighted by atomic mass is 9.99. The van der Waals surface area contributed by atoms with Crippen molar-refractivity contribution in [2.24, 2.45) is 0 Å². The minimum absolute atomic E-state index is 0.437. The number of likely N-dealkylation sites (tertiary alicyclic amines) is 1. The van der Waals surface area contributed by atoms with E-state index < -0.39 is 11.5 Å². The largest absolute Gasteiger partial charge is 0.480 e. The van der Waals surface area contributed by atoms with Crippen molar-refractivity contribution in [3.63, 3.8) is 0 Å². The van der Waals surface area contributed by atoms with E-state index in [0.29, 0.717) is 18.6 Å². The molecular formula is C11H20N2O2. The van der Waals surface area contributed by atoms with Gasteiger partial charge in [0, 0.05) is 25.2 Å². The molecular weight excluding hydrogens is 192 g/mol. The Morgan fingerprint density at radius 2 is 2.20 bits per heavy atom. The van der Waals surface area contributed by atoms with Gasteiger partial charge in [0.1, 0.15) is 5.54 Å². The molecule has 2 fully saturated rings. The summed E-state index contributed by atoms with van der Waals surface area (Å²) >= 11 is 0. The van der Waals surface area contributed by atoms with Gasteiger partial charge in [-0.1, -0.05) is 0 Å². The smallest absolute Gasteiger partial charge is 0.325 e. The molecule has 0 aromatic carbocycles. The third kappa shape index (κ3) is 2.16. The van der Waals surface area contributed by atoms with Crippen LogP contribution in [0.4, 0.5) is 0 Å². The maximum atomic E-state index is 11.4. The van der Waals surface area contributed by atoms with Crippen LogP contribution in [0.25, 0.3) is 0 Å². The van der Waals surface area contributed by atoms with Crippen LogP contribution in [0.5, 0.6) is 0 Å². The monoisotopic (exact) mass is 212 g/mol. The summed E-state index contributed by atoms with van der Waals surface area (Å²) in [5.41, 5.74) is -0.675. The Hall–Kier alpha value is -0.610. The first-order chi connectivity index (χ1) is 7.03. The van der Waals surface area contributed by atoms with Crippen molar-refractivity contribution in [2.45, 2.75) is 50.7 Å². The van der Waals surface area contributed by atoms with Crippen LogP contribution in [0.1, 0.15) is 33.1 Å². The van der Waals surface area contributed by atoms with Gasteiger partial charge in [-0.25, -0.2) is 0 Å². The Labute approximate surface area is 90.6 Å². The van der Waals surface area contributed by atoms with E-state index >= 15 is 0 Å². The number of carbonyl (C=O) groups is 1. The Kier molecular flexibility index (Phi) is 2.73. The molecule has 1 aliphatic heterocycles. The Morgan fingerprint density at radius 3 is 2.60 bits per heavy atom. The lowest BCUT2D eigenvalue weighted by molar-refractivity contribution is -0.144. The molecule has 0 spiro atoms. The second kappa shape index (κ2) is 3.76. The predicted octanol–water partition coefficient (Wildman–Crippen LogP) is 0.676. The lowest BCUT2D eigenvalue weighted by Crippen LogP contribution is -2.55. The number of carboxylic acids is 1. The number of nitrogens with one attached hydrogen (secondary N) is 1. The molecule has 4 nitrogen and oxygen atoms in total. The van der Waals surface area contributed by atoms with Crippen molar-refractivity contribution < 1.29 is 9.90 Å². The van der Waals surface area contributed by atoms with E-state index in [0.717, 1.165) is 25.8 Å². The van der Waals surface area contributed by atoms with E-state index in [1.54, 1.807) is 0 Å². The third-order valence-electron chi connectivity index (χ3n) is 3.50. The van der Waals surface area contributed by atoms with E-state index in [2.05, 4.69) is 24.1 Å². The maximum Gasteiger partial charge on any atom is 0.325 e. The summed E-state index contributed by atoms with van der Waals surface area (Å²) in [4.78, 5) is 13.6. The van der Waals surface area contributed by atoms with E-state index in [1.807, 2.05) is 0 Å². The van der Waals surface area contributed by atoms with Crippen LogP contribution in [-0.2, 0) is 4.79 Å². The van der Waals surface area contributed by atoms with Crippen molar-refractivity contribution in [3.8, 4) is 0 Å². The van der Waals surface area contributed by atoms with Crippen LogP contribution in [0.3, 0.4) is 0 Å². The fraction of sp³-hybridized carbons (Fsp3) is 0.909. The lowest BCUT2D eigenvalue weighted by Gasteiger charge is -2.27. The quantitative estimate of drug-likeness (QED) is 0.719. The van der Waals surface area contributed by atoms with Crippen molar-refractivity contribution in [1.29, 1.82) is 0 Å². The molecule has 1 saturated heterocycles. The summed E-state index contributed by atoms with van der Waals surface area (Å²) in [6.07, 6.45) is 3.00. The molecule has 4 heteroatoms. The first kappa shape index (κ1) is 10.9. The third-order valence-corrected chi connectivity index (χ3v) is 3.50. The molecule has 0 radical (unpaired) electrons. The summed E-state index contributed by atoms with van der Waals surface area (Å²) in [7, 11) is 0. The van der Waals surface area contributed by atoms with Gasteiger partial charge < -0.3 is 5.11 Å². The van der Waals surface area contributed by atoms with Crippen molar-refractivity contribution in [3.05, 3.63) is 0 Å². The zero-order chi connectivity index (χ0) is 11.1. The summed E-state index contributed by atoms with van der Waals surface area (Å²) in [6.45, 7) is 5.78.